The number of nitrogens with one attached hydrogen (secondary N) is 1. The first-order valence-electron chi connectivity index (χ1n) is 9.16. The molecule has 0 aliphatic heterocycles. The summed E-state index contributed by atoms with van der Waals surface area (Å²) < 4.78 is 1.96. The Labute approximate surface area is 163 Å². The molecule has 0 saturated heterocycles. The third-order valence-electron chi connectivity index (χ3n) is 4.75. The Kier molecular flexibility index (Phi) is 6.97. The number of halogens is 1. The predicted octanol–water partition coefficient (Wildman–Crippen LogP) is 3.99. The molecule has 0 atom stereocenters. The lowest BCUT2D eigenvalue weighted by Gasteiger charge is -2.15. The Morgan fingerprint density at radius 3 is 2.58 bits per heavy atom. The van der Waals surface area contributed by atoms with Gasteiger partial charge in [-0.15, -0.1) is 10.2 Å². The van der Waals surface area contributed by atoms with E-state index in [9.17, 15) is 4.79 Å². The van der Waals surface area contributed by atoms with Crippen molar-refractivity contribution in [3.8, 4) is 0 Å². The lowest BCUT2D eigenvalue weighted by Crippen LogP contribution is -2.35. The molecule has 3 rings (SSSR count). The molecule has 0 radical (unpaired) electrons. The van der Waals surface area contributed by atoms with Gasteiger partial charge >= 0.3 is 0 Å². The van der Waals surface area contributed by atoms with Crippen LogP contribution in [-0.4, -0.2) is 32.5 Å². The summed E-state index contributed by atoms with van der Waals surface area (Å²) in [5.74, 6) is 1.34. The second-order valence-electron chi connectivity index (χ2n) is 6.81. The molecule has 0 unspecified atom stereocenters. The molecule has 7 heteroatoms. The van der Waals surface area contributed by atoms with Gasteiger partial charge in [-0.2, -0.15) is 0 Å². The number of carbonyl (C=O) groups excluding carboxylic acids is 1. The monoisotopic (exact) mass is 392 g/mol. The molecule has 5 nitrogen and oxygen atoms in total. The van der Waals surface area contributed by atoms with Crippen LogP contribution in [0.3, 0.4) is 0 Å². The maximum absolute atomic E-state index is 12.2. The van der Waals surface area contributed by atoms with Gasteiger partial charge in [-0.1, -0.05) is 61.2 Å². The summed E-state index contributed by atoms with van der Waals surface area (Å²) in [6.07, 6.45) is 7.91. The van der Waals surface area contributed by atoms with Crippen LogP contribution in [0, 0.1) is 0 Å². The van der Waals surface area contributed by atoms with Crippen molar-refractivity contribution < 1.29 is 4.79 Å². The molecule has 1 amide bonds. The Morgan fingerprint density at radius 1 is 1.19 bits per heavy atom. The van der Waals surface area contributed by atoms with Crippen LogP contribution in [0.4, 0.5) is 0 Å². The van der Waals surface area contributed by atoms with E-state index < -0.39 is 0 Å². The van der Waals surface area contributed by atoms with Gasteiger partial charge in [0, 0.05) is 24.5 Å². The molecule has 1 aromatic carbocycles. The summed E-state index contributed by atoms with van der Waals surface area (Å²) in [5.41, 5.74) is 1.13. The Bertz CT molecular complexity index is 724. The van der Waals surface area contributed by atoms with Crippen LogP contribution in [0.5, 0.6) is 0 Å². The normalized spacial score (nSPS) is 15.6. The van der Waals surface area contributed by atoms with Gasteiger partial charge in [0.1, 0.15) is 5.82 Å². The number of nitrogens with zero attached hydrogens (tertiary/aromatic N) is 3. The molecule has 1 aliphatic carbocycles. The first-order chi connectivity index (χ1) is 12.6. The lowest BCUT2D eigenvalue weighted by molar-refractivity contribution is -0.119. The van der Waals surface area contributed by atoms with Crippen molar-refractivity contribution in [3.63, 3.8) is 0 Å². The predicted molar refractivity (Wildman–Crippen MR) is 106 cm³/mol. The number of hydrogen-bond donors (Lipinski definition) is 1. The Hall–Kier alpha value is -1.53. The fourth-order valence-corrected chi connectivity index (χ4v) is 4.10. The number of rotatable bonds is 6. The molecule has 0 spiro atoms. The van der Waals surface area contributed by atoms with E-state index in [0.717, 1.165) is 34.4 Å². The zero-order valence-corrected chi connectivity index (χ0v) is 16.7. The molecule has 0 bridgehead atoms. The number of amides is 1. The molecule has 1 N–H and O–H groups in total. The van der Waals surface area contributed by atoms with Crippen molar-refractivity contribution in [2.45, 2.75) is 56.1 Å². The zero-order chi connectivity index (χ0) is 18.4. The van der Waals surface area contributed by atoms with Gasteiger partial charge in [0.2, 0.25) is 5.91 Å². The number of thioether (sulfide) groups is 1. The second kappa shape index (κ2) is 9.42. The first kappa shape index (κ1) is 19.2. The topological polar surface area (TPSA) is 59.8 Å². The molecule has 1 aliphatic rings. The van der Waals surface area contributed by atoms with E-state index in [4.69, 9.17) is 11.6 Å². The lowest BCUT2D eigenvalue weighted by atomic mass is 10.1. The van der Waals surface area contributed by atoms with E-state index in [0.29, 0.717) is 18.2 Å². The third kappa shape index (κ3) is 5.48. The summed E-state index contributed by atoms with van der Waals surface area (Å²) in [7, 11) is 1.94. The van der Waals surface area contributed by atoms with Crippen LogP contribution in [0.25, 0.3) is 0 Å². The van der Waals surface area contributed by atoms with Gasteiger partial charge in [0.15, 0.2) is 5.16 Å². The molecule has 26 heavy (non-hydrogen) atoms. The summed E-state index contributed by atoms with van der Waals surface area (Å²) in [6.45, 7) is 0. The summed E-state index contributed by atoms with van der Waals surface area (Å²) in [5, 5.41) is 13.2. The highest BCUT2D eigenvalue weighted by Crippen LogP contribution is 2.20. The molecule has 1 aromatic heterocycles. The van der Waals surface area contributed by atoms with Crippen LogP contribution in [-0.2, 0) is 18.3 Å². The van der Waals surface area contributed by atoms with Crippen LogP contribution in [0.1, 0.15) is 49.9 Å². The standard InChI is InChI=1S/C19H25ClN4OS/c1-24-17(12-14-8-10-15(20)11-9-14)22-23-19(24)26-13-18(25)21-16-6-4-2-3-5-7-16/h8-11,16H,2-7,12-13H2,1H3,(H,21,25). The second-order valence-corrected chi connectivity index (χ2v) is 8.18. The minimum absolute atomic E-state index is 0.0872. The molecule has 1 fully saturated rings. The van der Waals surface area contributed by atoms with Crippen LogP contribution in [0.2, 0.25) is 5.02 Å². The van der Waals surface area contributed by atoms with Gasteiger partial charge in [-0.25, -0.2) is 0 Å². The van der Waals surface area contributed by atoms with Crippen molar-refractivity contribution in [1.29, 1.82) is 0 Å². The van der Waals surface area contributed by atoms with Crippen molar-refractivity contribution in [2.75, 3.05) is 5.75 Å². The Balaban J connectivity index is 1.51. The highest BCUT2D eigenvalue weighted by atomic mass is 35.5. The third-order valence-corrected chi connectivity index (χ3v) is 6.03. The van der Waals surface area contributed by atoms with E-state index in [1.807, 2.05) is 35.9 Å². The van der Waals surface area contributed by atoms with Gasteiger partial charge in [-0.05, 0) is 30.5 Å². The minimum atomic E-state index is 0.0872. The zero-order valence-electron chi connectivity index (χ0n) is 15.1. The number of carbonyl (C=O) groups is 1. The summed E-state index contributed by atoms with van der Waals surface area (Å²) in [6, 6.07) is 8.07. The van der Waals surface area contributed by atoms with Crippen LogP contribution >= 0.6 is 23.4 Å². The largest absolute Gasteiger partial charge is 0.353 e. The minimum Gasteiger partial charge on any atom is -0.353 e. The van der Waals surface area contributed by atoms with Crippen LogP contribution < -0.4 is 5.32 Å². The molecule has 1 heterocycles. The maximum atomic E-state index is 12.2. The highest BCUT2D eigenvalue weighted by molar-refractivity contribution is 7.99. The molecular formula is C19H25ClN4OS. The summed E-state index contributed by atoms with van der Waals surface area (Å²) >= 11 is 7.36. The first-order valence-corrected chi connectivity index (χ1v) is 10.5. The van der Waals surface area contributed by atoms with Crippen molar-refractivity contribution in [2.24, 2.45) is 7.05 Å². The van der Waals surface area contributed by atoms with Crippen molar-refractivity contribution in [1.82, 2.24) is 20.1 Å². The van der Waals surface area contributed by atoms with Gasteiger partial charge in [-0.3, -0.25) is 4.79 Å². The fourth-order valence-electron chi connectivity index (χ4n) is 3.23. The smallest absolute Gasteiger partial charge is 0.230 e. The fraction of sp³-hybridized carbons (Fsp3) is 0.526. The quantitative estimate of drug-likeness (QED) is 0.596. The summed E-state index contributed by atoms with van der Waals surface area (Å²) in [4.78, 5) is 12.2. The molecular weight excluding hydrogens is 368 g/mol. The molecule has 2 aromatic rings. The van der Waals surface area contributed by atoms with Gasteiger partial charge < -0.3 is 9.88 Å². The van der Waals surface area contributed by atoms with Crippen molar-refractivity contribution in [3.05, 3.63) is 40.7 Å². The average Bonchev–Trinajstić information content (AvgIpc) is 2.82. The molecule has 1 saturated carbocycles. The van der Waals surface area contributed by atoms with Gasteiger partial charge in [0.05, 0.1) is 5.75 Å². The van der Waals surface area contributed by atoms with Gasteiger partial charge in [0.25, 0.3) is 0 Å². The average molecular weight is 393 g/mol. The number of benzene rings is 1. The van der Waals surface area contributed by atoms with E-state index >= 15 is 0 Å². The SMILES string of the molecule is Cn1c(Cc2ccc(Cl)cc2)nnc1SCC(=O)NC1CCCCCC1. The Morgan fingerprint density at radius 2 is 1.88 bits per heavy atom. The number of hydrogen-bond acceptors (Lipinski definition) is 4. The van der Waals surface area contributed by atoms with E-state index in [1.165, 1.54) is 37.4 Å². The van der Waals surface area contributed by atoms with E-state index in [-0.39, 0.29) is 5.91 Å². The van der Waals surface area contributed by atoms with Crippen molar-refractivity contribution >= 4 is 29.3 Å². The van der Waals surface area contributed by atoms with E-state index in [2.05, 4.69) is 15.5 Å². The maximum Gasteiger partial charge on any atom is 0.230 e. The van der Waals surface area contributed by atoms with Crippen LogP contribution in [0.15, 0.2) is 29.4 Å². The highest BCUT2D eigenvalue weighted by Gasteiger charge is 2.16. The number of aromatic nitrogens is 3. The van der Waals surface area contributed by atoms with E-state index in [1.54, 1.807) is 0 Å². The molecule has 140 valence electrons.